The lowest BCUT2D eigenvalue weighted by Gasteiger charge is -2.28. The number of nitrogens with one attached hydrogen (secondary N) is 3. The second-order valence-electron chi connectivity index (χ2n) is 8.33. The van der Waals surface area contributed by atoms with Gasteiger partial charge in [-0.2, -0.15) is 0 Å². The van der Waals surface area contributed by atoms with E-state index in [1.807, 2.05) is 24.4 Å². The number of para-hydroxylation sites is 2. The summed E-state index contributed by atoms with van der Waals surface area (Å²) in [7, 11) is 0. The normalized spacial score (nSPS) is 19.9. The average molecular weight is 405 g/mol. The summed E-state index contributed by atoms with van der Waals surface area (Å²) in [6, 6.07) is 14.5. The zero-order valence-electron chi connectivity index (χ0n) is 17.2. The standard InChI is InChI=1S/C24H28N4O2/c1-2-17(10-9-15-5-3-6-16-11-13-25-21(15)16)26-20-12-14-28-22-18(23(20)29)7-4-8-19(22)27-24(28)30/h3-8,11,13,17,20,23,25-26,29H,2,9-10,12,14H2,1H3,(H,27,30)/t17?,20-,23-/m1/s1. The molecule has 0 amide bonds. The molecule has 4 aromatic rings. The molecule has 0 radical (unpaired) electrons. The van der Waals surface area contributed by atoms with Gasteiger partial charge in [0.05, 0.1) is 17.1 Å². The van der Waals surface area contributed by atoms with Gasteiger partial charge in [-0.1, -0.05) is 37.3 Å². The van der Waals surface area contributed by atoms with Gasteiger partial charge in [-0.3, -0.25) is 4.57 Å². The average Bonchev–Trinajstić information content (AvgIpc) is 3.33. The highest BCUT2D eigenvalue weighted by molar-refractivity contribution is 5.82. The van der Waals surface area contributed by atoms with Crippen molar-refractivity contribution in [1.29, 1.82) is 0 Å². The Balaban J connectivity index is 1.34. The molecule has 2 aromatic heterocycles. The van der Waals surface area contributed by atoms with Crippen molar-refractivity contribution in [3.05, 3.63) is 70.3 Å². The van der Waals surface area contributed by atoms with Crippen molar-refractivity contribution >= 4 is 21.9 Å². The van der Waals surface area contributed by atoms with Gasteiger partial charge in [0.15, 0.2) is 0 Å². The van der Waals surface area contributed by atoms with E-state index < -0.39 is 6.10 Å². The van der Waals surface area contributed by atoms with Crippen LogP contribution in [0.2, 0.25) is 0 Å². The van der Waals surface area contributed by atoms with Crippen LogP contribution in [-0.4, -0.2) is 31.7 Å². The van der Waals surface area contributed by atoms with Gasteiger partial charge in [0.2, 0.25) is 0 Å². The third-order valence-corrected chi connectivity index (χ3v) is 6.57. The van der Waals surface area contributed by atoms with E-state index in [1.54, 1.807) is 4.57 Å². The van der Waals surface area contributed by atoms with Crippen molar-refractivity contribution < 1.29 is 5.11 Å². The van der Waals surface area contributed by atoms with Crippen LogP contribution in [0.25, 0.3) is 21.9 Å². The number of imidazole rings is 1. The molecule has 0 saturated carbocycles. The predicted molar refractivity (Wildman–Crippen MR) is 120 cm³/mol. The smallest absolute Gasteiger partial charge is 0.326 e. The third-order valence-electron chi connectivity index (χ3n) is 6.57. The number of benzene rings is 2. The molecule has 0 bridgehead atoms. The summed E-state index contributed by atoms with van der Waals surface area (Å²) in [6.45, 7) is 2.79. The first-order valence-corrected chi connectivity index (χ1v) is 10.9. The fraction of sp³-hybridized carbons (Fsp3) is 0.375. The summed E-state index contributed by atoms with van der Waals surface area (Å²) in [5.41, 5.74) is 4.90. The second-order valence-corrected chi connectivity index (χ2v) is 8.33. The minimum absolute atomic E-state index is 0.0823. The SMILES string of the molecule is CCC(CCc1cccc2cc[nH]c12)N[C@@H]1CCn2c(=O)[nH]c3cccc(c32)[C@H]1O. The molecule has 3 atom stereocenters. The van der Waals surface area contributed by atoms with Gasteiger partial charge in [-0.05, 0) is 48.8 Å². The van der Waals surface area contributed by atoms with Crippen molar-refractivity contribution in [1.82, 2.24) is 19.9 Å². The van der Waals surface area contributed by atoms with Crippen LogP contribution < -0.4 is 11.0 Å². The van der Waals surface area contributed by atoms with Crippen LogP contribution in [-0.2, 0) is 13.0 Å². The van der Waals surface area contributed by atoms with Gasteiger partial charge in [0, 0.05) is 35.9 Å². The van der Waals surface area contributed by atoms with Gasteiger partial charge >= 0.3 is 5.69 Å². The molecule has 1 unspecified atom stereocenters. The molecule has 5 rings (SSSR count). The Morgan fingerprint density at radius 3 is 2.97 bits per heavy atom. The van der Waals surface area contributed by atoms with Crippen molar-refractivity contribution in [3.63, 3.8) is 0 Å². The van der Waals surface area contributed by atoms with E-state index >= 15 is 0 Å². The minimum Gasteiger partial charge on any atom is -0.387 e. The maximum atomic E-state index is 12.3. The maximum Gasteiger partial charge on any atom is 0.326 e. The summed E-state index contributed by atoms with van der Waals surface area (Å²) in [5, 5.41) is 16.1. The monoisotopic (exact) mass is 404 g/mol. The molecule has 156 valence electrons. The number of fused-ring (bicyclic) bond motifs is 1. The molecule has 30 heavy (non-hydrogen) atoms. The Labute approximate surface area is 174 Å². The van der Waals surface area contributed by atoms with E-state index in [4.69, 9.17) is 0 Å². The highest BCUT2D eigenvalue weighted by Crippen LogP contribution is 2.30. The maximum absolute atomic E-state index is 12.3. The van der Waals surface area contributed by atoms with E-state index in [0.717, 1.165) is 35.9 Å². The van der Waals surface area contributed by atoms with Crippen LogP contribution in [0.4, 0.5) is 0 Å². The Hall–Kier alpha value is -2.83. The molecular weight excluding hydrogens is 376 g/mol. The molecule has 6 nitrogen and oxygen atoms in total. The third kappa shape index (κ3) is 3.26. The van der Waals surface area contributed by atoms with Crippen molar-refractivity contribution in [2.24, 2.45) is 0 Å². The highest BCUT2D eigenvalue weighted by atomic mass is 16.3. The largest absolute Gasteiger partial charge is 0.387 e. The molecule has 6 heteroatoms. The zero-order chi connectivity index (χ0) is 20.7. The first kappa shape index (κ1) is 19.2. The molecule has 3 heterocycles. The first-order chi connectivity index (χ1) is 14.7. The number of hydrogen-bond donors (Lipinski definition) is 4. The van der Waals surface area contributed by atoms with Gasteiger partial charge in [0.25, 0.3) is 0 Å². The lowest BCUT2D eigenvalue weighted by atomic mass is 9.96. The molecule has 0 spiro atoms. The lowest BCUT2D eigenvalue weighted by molar-refractivity contribution is 0.117. The number of hydrogen-bond acceptors (Lipinski definition) is 3. The van der Waals surface area contributed by atoms with Crippen LogP contribution in [0.3, 0.4) is 0 Å². The summed E-state index contributed by atoms with van der Waals surface area (Å²) in [6.07, 6.45) is 5.02. The molecule has 0 saturated heterocycles. The molecule has 1 aliphatic heterocycles. The Kier molecular flexibility index (Phi) is 4.97. The minimum atomic E-state index is -0.640. The summed E-state index contributed by atoms with van der Waals surface area (Å²) in [4.78, 5) is 18.6. The van der Waals surface area contributed by atoms with Gasteiger partial charge in [-0.25, -0.2) is 4.79 Å². The van der Waals surface area contributed by atoms with Gasteiger partial charge in [-0.15, -0.1) is 0 Å². The van der Waals surface area contributed by atoms with Crippen molar-refractivity contribution in [2.45, 2.75) is 57.3 Å². The first-order valence-electron chi connectivity index (χ1n) is 10.9. The molecule has 0 aliphatic carbocycles. The number of rotatable bonds is 6. The lowest BCUT2D eigenvalue weighted by Crippen LogP contribution is -2.42. The summed E-state index contributed by atoms with van der Waals surface area (Å²) in [5.74, 6) is 0. The summed E-state index contributed by atoms with van der Waals surface area (Å²) >= 11 is 0. The number of aromatic amines is 2. The number of aromatic nitrogens is 3. The number of H-pyrrole nitrogens is 2. The van der Waals surface area contributed by atoms with Crippen LogP contribution in [0.1, 0.15) is 43.4 Å². The fourth-order valence-electron chi connectivity index (χ4n) is 4.91. The molecule has 4 N–H and O–H groups in total. The van der Waals surface area contributed by atoms with Crippen LogP contribution in [0.5, 0.6) is 0 Å². The Morgan fingerprint density at radius 2 is 2.10 bits per heavy atom. The van der Waals surface area contributed by atoms with E-state index in [0.29, 0.717) is 19.0 Å². The molecule has 1 aliphatic rings. The van der Waals surface area contributed by atoms with Crippen molar-refractivity contribution in [3.8, 4) is 0 Å². The Morgan fingerprint density at radius 1 is 1.23 bits per heavy atom. The van der Waals surface area contributed by atoms with Gasteiger partial charge in [0.1, 0.15) is 0 Å². The van der Waals surface area contributed by atoms with Crippen LogP contribution >= 0.6 is 0 Å². The van der Waals surface area contributed by atoms with Gasteiger partial charge < -0.3 is 20.4 Å². The number of nitrogens with zero attached hydrogens (tertiary/aromatic N) is 1. The van der Waals surface area contributed by atoms with E-state index in [1.165, 1.54) is 16.5 Å². The van der Waals surface area contributed by atoms with E-state index in [-0.39, 0.29) is 11.7 Å². The molecular formula is C24H28N4O2. The zero-order valence-corrected chi connectivity index (χ0v) is 17.2. The fourth-order valence-corrected chi connectivity index (χ4v) is 4.91. The van der Waals surface area contributed by atoms with Crippen LogP contribution in [0.15, 0.2) is 53.5 Å². The van der Waals surface area contributed by atoms with E-state index in [2.05, 4.69) is 46.5 Å². The van der Waals surface area contributed by atoms with E-state index in [9.17, 15) is 9.90 Å². The second kappa shape index (κ2) is 7.78. The highest BCUT2D eigenvalue weighted by Gasteiger charge is 2.29. The predicted octanol–water partition coefficient (Wildman–Crippen LogP) is 3.62. The summed E-state index contributed by atoms with van der Waals surface area (Å²) < 4.78 is 1.77. The molecule has 2 aromatic carbocycles. The van der Waals surface area contributed by atoms with Crippen molar-refractivity contribution in [2.75, 3.05) is 0 Å². The molecule has 0 fully saturated rings. The Bertz CT molecular complexity index is 1230. The number of aliphatic hydroxyl groups excluding tert-OH is 1. The van der Waals surface area contributed by atoms with Crippen LogP contribution in [0, 0.1) is 0 Å². The number of aliphatic hydroxyl groups is 1. The topological polar surface area (TPSA) is 85.8 Å². The quantitative estimate of drug-likeness (QED) is 0.396. The number of aryl methyl sites for hydroxylation is 2.